The second kappa shape index (κ2) is 6.04. The third-order valence-corrected chi connectivity index (χ3v) is 5.35. The second-order valence-electron chi connectivity index (χ2n) is 7.41. The zero-order valence-electron chi connectivity index (χ0n) is 14.1. The van der Waals surface area contributed by atoms with Gasteiger partial charge in [0.15, 0.2) is 0 Å². The van der Waals surface area contributed by atoms with Crippen molar-refractivity contribution in [3.63, 3.8) is 0 Å². The molecule has 0 radical (unpaired) electrons. The molecule has 0 saturated heterocycles. The maximum Gasteiger partial charge on any atom is 0.245 e. The van der Waals surface area contributed by atoms with Crippen molar-refractivity contribution in [3.8, 4) is 0 Å². The summed E-state index contributed by atoms with van der Waals surface area (Å²) in [4.78, 5) is 15.5. The number of fused-ring (bicyclic) bond motifs is 1. The van der Waals surface area contributed by atoms with E-state index in [0.717, 1.165) is 24.8 Å². The van der Waals surface area contributed by atoms with Crippen LogP contribution >= 0.6 is 0 Å². The standard InChI is InChI=1S/C19H28N2O/c1-19(2)13-14-9-7-8-12-16(14)17(20-3)18(22)21(19)15-10-5-4-6-11-15/h7-9,12,15,17,20H,4-6,10-11,13H2,1-3H3. The smallest absolute Gasteiger partial charge is 0.245 e. The molecular weight excluding hydrogens is 272 g/mol. The van der Waals surface area contributed by atoms with Gasteiger partial charge in [-0.05, 0) is 51.3 Å². The first-order valence-electron chi connectivity index (χ1n) is 8.63. The zero-order valence-corrected chi connectivity index (χ0v) is 14.1. The molecule has 1 aromatic carbocycles. The summed E-state index contributed by atoms with van der Waals surface area (Å²) in [5.74, 6) is 0.254. The van der Waals surface area contributed by atoms with Crippen molar-refractivity contribution in [1.29, 1.82) is 0 Å². The molecule has 1 saturated carbocycles. The van der Waals surface area contributed by atoms with E-state index in [1.807, 2.05) is 13.1 Å². The van der Waals surface area contributed by atoms with Crippen LogP contribution in [0, 0.1) is 0 Å². The van der Waals surface area contributed by atoms with Crippen LogP contribution in [-0.4, -0.2) is 29.4 Å². The Balaban J connectivity index is 2.02. The molecule has 0 aromatic heterocycles. The SMILES string of the molecule is CNC1C(=O)N(C2CCCCC2)C(C)(C)Cc2ccccc21. The van der Waals surface area contributed by atoms with Crippen LogP contribution in [0.25, 0.3) is 0 Å². The zero-order chi connectivity index (χ0) is 15.7. The van der Waals surface area contributed by atoms with Gasteiger partial charge in [0.05, 0.1) is 0 Å². The van der Waals surface area contributed by atoms with Crippen molar-refractivity contribution >= 4 is 5.91 Å². The Bertz CT molecular complexity index is 546. The number of nitrogens with one attached hydrogen (secondary N) is 1. The van der Waals surface area contributed by atoms with Gasteiger partial charge in [0.25, 0.3) is 0 Å². The molecule has 3 rings (SSSR count). The summed E-state index contributed by atoms with van der Waals surface area (Å²) in [5, 5.41) is 3.27. The van der Waals surface area contributed by atoms with E-state index in [2.05, 4.69) is 42.3 Å². The number of amides is 1. The summed E-state index contributed by atoms with van der Waals surface area (Å²) in [6.07, 6.45) is 7.06. The molecule has 1 aliphatic heterocycles. The van der Waals surface area contributed by atoms with E-state index in [1.54, 1.807) is 0 Å². The molecule has 0 bridgehead atoms. The Morgan fingerprint density at radius 3 is 2.50 bits per heavy atom. The van der Waals surface area contributed by atoms with Crippen LogP contribution in [0.15, 0.2) is 24.3 Å². The molecule has 1 heterocycles. The molecule has 3 heteroatoms. The van der Waals surface area contributed by atoms with Gasteiger partial charge in [-0.2, -0.15) is 0 Å². The van der Waals surface area contributed by atoms with E-state index in [0.29, 0.717) is 6.04 Å². The highest BCUT2D eigenvalue weighted by molar-refractivity contribution is 5.85. The molecule has 22 heavy (non-hydrogen) atoms. The number of carbonyl (C=O) groups excluding carboxylic acids is 1. The van der Waals surface area contributed by atoms with Gasteiger partial charge in [-0.3, -0.25) is 4.79 Å². The topological polar surface area (TPSA) is 32.3 Å². The number of hydrogen-bond acceptors (Lipinski definition) is 2. The molecule has 1 N–H and O–H groups in total. The Morgan fingerprint density at radius 1 is 1.14 bits per heavy atom. The lowest BCUT2D eigenvalue weighted by molar-refractivity contribution is -0.142. The van der Waals surface area contributed by atoms with E-state index in [9.17, 15) is 4.79 Å². The molecule has 1 amide bonds. The van der Waals surface area contributed by atoms with Crippen LogP contribution in [0.3, 0.4) is 0 Å². The average Bonchev–Trinajstić information content (AvgIpc) is 2.58. The predicted molar refractivity (Wildman–Crippen MR) is 89.7 cm³/mol. The van der Waals surface area contributed by atoms with Gasteiger partial charge < -0.3 is 10.2 Å². The predicted octanol–water partition coefficient (Wildman–Crippen LogP) is 3.44. The average molecular weight is 300 g/mol. The number of nitrogens with zero attached hydrogens (tertiary/aromatic N) is 1. The maximum absolute atomic E-state index is 13.3. The lowest BCUT2D eigenvalue weighted by atomic mass is 9.87. The highest BCUT2D eigenvalue weighted by Gasteiger charge is 2.43. The number of carbonyl (C=O) groups is 1. The number of benzene rings is 1. The Kier molecular flexibility index (Phi) is 4.26. The van der Waals surface area contributed by atoms with Crippen LogP contribution in [0.4, 0.5) is 0 Å². The van der Waals surface area contributed by atoms with Crippen LogP contribution in [0.1, 0.15) is 63.1 Å². The summed E-state index contributed by atoms with van der Waals surface area (Å²) < 4.78 is 0. The van der Waals surface area contributed by atoms with Crippen LogP contribution in [0.5, 0.6) is 0 Å². The minimum Gasteiger partial charge on any atom is -0.333 e. The van der Waals surface area contributed by atoms with E-state index in [4.69, 9.17) is 0 Å². The van der Waals surface area contributed by atoms with E-state index < -0.39 is 0 Å². The van der Waals surface area contributed by atoms with Gasteiger partial charge in [-0.25, -0.2) is 0 Å². The lowest BCUT2D eigenvalue weighted by Gasteiger charge is -2.45. The van der Waals surface area contributed by atoms with Gasteiger partial charge in [0.2, 0.25) is 5.91 Å². The third kappa shape index (κ3) is 2.67. The van der Waals surface area contributed by atoms with Crippen LogP contribution < -0.4 is 5.32 Å². The summed E-state index contributed by atoms with van der Waals surface area (Å²) in [5.41, 5.74) is 2.33. The lowest BCUT2D eigenvalue weighted by Crippen LogP contribution is -2.56. The quantitative estimate of drug-likeness (QED) is 0.907. The van der Waals surface area contributed by atoms with Crippen molar-refractivity contribution in [2.75, 3.05) is 7.05 Å². The largest absolute Gasteiger partial charge is 0.333 e. The van der Waals surface area contributed by atoms with E-state index in [1.165, 1.54) is 24.8 Å². The minimum absolute atomic E-state index is 0.124. The first kappa shape index (κ1) is 15.5. The molecule has 1 aromatic rings. The molecule has 0 spiro atoms. The van der Waals surface area contributed by atoms with Crippen molar-refractivity contribution in [2.24, 2.45) is 0 Å². The minimum atomic E-state index is -0.208. The number of rotatable bonds is 2. The van der Waals surface area contributed by atoms with Gasteiger partial charge in [0.1, 0.15) is 6.04 Å². The normalized spacial score (nSPS) is 25.7. The summed E-state index contributed by atoms with van der Waals surface area (Å²) in [6.45, 7) is 4.46. The Morgan fingerprint density at radius 2 is 1.82 bits per heavy atom. The molecule has 1 aliphatic carbocycles. The first-order valence-corrected chi connectivity index (χ1v) is 8.63. The summed E-state index contributed by atoms with van der Waals surface area (Å²) in [7, 11) is 1.90. The molecule has 120 valence electrons. The monoisotopic (exact) mass is 300 g/mol. The van der Waals surface area contributed by atoms with Gasteiger partial charge in [-0.15, -0.1) is 0 Å². The first-order chi connectivity index (χ1) is 10.5. The highest BCUT2D eigenvalue weighted by atomic mass is 16.2. The Labute approximate surface area is 134 Å². The fourth-order valence-corrected chi connectivity index (χ4v) is 4.39. The van der Waals surface area contributed by atoms with Crippen molar-refractivity contribution in [2.45, 2.75) is 70.0 Å². The van der Waals surface area contributed by atoms with E-state index in [-0.39, 0.29) is 17.5 Å². The summed E-state index contributed by atoms with van der Waals surface area (Å²) in [6, 6.07) is 8.61. The fraction of sp³-hybridized carbons (Fsp3) is 0.632. The molecule has 1 atom stereocenters. The van der Waals surface area contributed by atoms with Crippen molar-refractivity contribution in [1.82, 2.24) is 10.2 Å². The molecular formula is C19H28N2O. The molecule has 2 aliphatic rings. The molecule has 3 nitrogen and oxygen atoms in total. The van der Waals surface area contributed by atoms with Gasteiger partial charge >= 0.3 is 0 Å². The fourth-order valence-electron chi connectivity index (χ4n) is 4.39. The highest BCUT2D eigenvalue weighted by Crippen LogP contribution is 2.37. The van der Waals surface area contributed by atoms with Crippen molar-refractivity contribution in [3.05, 3.63) is 35.4 Å². The summed E-state index contributed by atoms with van der Waals surface area (Å²) >= 11 is 0. The third-order valence-electron chi connectivity index (χ3n) is 5.35. The Hall–Kier alpha value is -1.35. The van der Waals surface area contributed by atoms with Gasteiger partial charge in [0, 0.05) is 11.6 Å². The second-order valence-corrected chi connectivity index (χ2v) is 7.41. The van der Waals surface area contributed by atoms with Crippen molar-refractivity contribution < 1.29 is 4.79 Å². The molecule has 1 fully saturated rings. The number of hydrogen-bond donors (Lipinski definition) is 1. The maximum atomic E-state index is 13.3. The molecule has 1 unspecified atom stereocenters. The van der Waals surface area contributed by atoms with Crippen LogP contribution in [0.2, 0.25) is 0 Å². The van der Waals surface area contributed by atoms with E-state index >= 15 is 0 Å². The van der Waals surface area contributed by atoms with Crippen LogP contribution in [-0.2, 0) is 11.2 Å². The number of likely N-dealkylation sites (N-methyl/N-ethyl adjacent to an activating group) is 1. The van der Waals surface area contributed by atoms with Gasteiger partial charge in [-0.1, -0.05) is 43.5 Å².